The fourth-order valence-electron chi connectivity index (χ4n) is 2.49. The van der Waals surface area contributed by atoms with E-state index in [1.54, 1.807) is 0 Å². The van der Waals surface area contributed by atoms with Gasteiger partial charge in [-0.15, -0.1) is 21.5 Å². The van der Waals surface area contributed by atoms with Crippen molar-refractivity contribution >= 4 is 34.5 Å². The first-order valence-corrected chi connectivity index (χ1v) is 8.83. The minimum atomic E-state index is -0.127. The summed E-state index contributed by atoms with van der Waals surface area (Å²) in [7, 11) is 0. The number of thiophene rings is 1. The number of hydrogen-bond donors (Lipinski definition) is 1. The molecule has 0 spiro atoms. The molecule has 0 atom stereocenters. The van der Waals surface area contributed by atoms with Crippen molar-refractivity contribution in [3.05, 3.63) is 76.5 Å². The number of rotatable bonds is 4. The van der Waals surface area contributed by atoms with Gasteiger partial charge in [0.25, 0.3) is 5.91 Å². The van der Waals surface area contributed by atoms with Crippen molar-refractivity contribution < 1.29 is 4.79 Å². The Balaban J connectivity index is 1.47. The number of aromatic nitrogens is 3. The van der Waals surface area contributed by atoms with Crippen LogP contribution >= 0.6 is 22.9 Å². The zero-order valence-electron chi connectivity index (χ0n) is 13.0. The van der Waals surface area contributed by atoms with E-state index < -0.39 is 0 Å². The third-order valence-corrected chi connectivity index (χ3v) is 5.13. The molecule has 0 unspecified atom stereocenters. The van der Waals surface area contributed by atoms with Crippen molar-refractivity contribution in [3.8, 4) is 10.4 Å². The molecule has 7 heteroatoms. The van der Waals surface area contributed by atoms with Crippen LogP contribution in [0.3, 0.4) is 0 Å². The third-order valence-electron chi connectivity index (χ3n) is 3.75. The Morgan fingerprint density at radius 1 is 1.08 bits per heavy atom. The van der Waals surface area contributed by atoms with Gasteiger partial charge in [0, 0.05) is 16.1 Å². The van der Waals surface area contributed by atoms with Gasteiger partial charge in [-0.2, -0.15) is 0 Å². The first kappa shape index (κ1) is 15.8. The van der Waals surface area contributed by atoms with Gasteiger partial charge in [-0.05, 0) is 42.0 Å². The smallest absolute Gasteiger partial charge is 0.261 e. The molecule has 5 nitrogen and oxygen atoms in total. The summed E-state index contributed by atoms with van der Waals surface area (Å²) >= 11 is 7.36. The molecule has 4 rings (SSSR count). The standard InChI is InChI=1S/C18H13ClN4OS/c19-13-6-4-12(5-7-13)14-8-9-15(25-14)18(24)20-11-17-22-21-16-3-1-2-10-23(16)17/h1-10H,11H2,(H,20,24). The van der Waals surface area contributed by atoms with Gasteiger partial charge in [-0.1, -0.05) is 29.8 Å². The molecule has 0 fully saturated rings. The van der Waals surface area contributed by atoms with Crippen LogP contribution in [-0.2, 0) is 6.54 Å². The summed E-state index contributed by atoms with van der Waals surface area (Å²) in [6.45, 7) is 0.318. The minimum Gasteiger partial charge on any atom is -0.344 e. The number of pyridine rings is 1. The Bertz CT molecular complexity index is 1040. The average molecular weight is 369 g/mol. The van der Waals surface area contributed by atoms with Gasteiger partial charge in [0.1, 0.15) is 0 Å². The second-order valence-electron chi connectivity index (χ2n) is 5.40. The van der Waals surface area contributed by atoms with E-state index in [-0.39, 0.29) is 5.91 Å². The maximum atomic E-state index is 12.4. The molecule has 25 heavy (non-hydrogen) atoms. The molecule has 0 saturated heterocycles. The molecule has 0 aliphatic rings. The van der Waals surface area contributed by atoms with E-state index in [4.69, 9.17) is 11.6 Å². The summed E-state index contributed by atoms with van der Waals surface area (Å²) < 4.78 is 1.86. The molecule has 124 valence electrons. The van der Waals surface area contributed by atoms with Crippen LogP contribution in [0.1, 0.15) is 15.5 Å². The van der Waals surface area contributed by atoms with E-state index in [9.17, 15) is 4.79 Å². The Kier molecular flexibility index (Phi) is 4.21. The predicted molar refractivity (Wildman–Crippen MR) is 98.9 cm³/mol. The topological polar surface area (TPSA) is 59.3 Å². The number of carbonyl (C=O) groups is 1. The summed E-state index contributed by atoms with van der Waals surface area (Å²) in [6, 6.07) is 17.0. The molecule has 0 radical (unpaired) electrons. The first-order chi connectivity index (χ1) is 12.2. The van der Waals surface area contributed by atoms with Crippen molar-refractivity contribution in [3.63, 3.8) is 0 Å². The molecule has 0 aliphatic heterocycles. The van der Waals surface area contributed by atoms with E-state index in [0.29, 0.717) is 22.3 Å². The lowest BCUT2D eigenvalue weighted by Crippen LogP contribution is -2.23. The maximum absolute atomic E-state index is 12.4. The zero-order valence-corrected chi connectivity index (χ0v) is 14.6. The highest BCUT2D eigenvalue weighted by molar-refractivity contribution is 7.17. The summed E-state index contributed by atoms with van der Waals surface area (Å²) in [6.07, 6.45) is 1.88. The van der Waals surface area contributed by atoms with Crippen molar-refractivity contribution in [2.75, 3.05) is 0 Å². The molecule has 0 saturated carbocycles. The summed E-state index contributed by atoms with van der Waals surface area (Å²) in [5, 5.41) is 11.8. The van der Waals surface area contributed by atoms with Crippen LogP contribution in [0.15, 0.2) is 60.8 Å². The molecule has 1 amide bonds. The number of amides is 1. The van der Waals surface area contributed by atoms with Crippen LogP contribution in [0.2, 0.25) is 5.02 Å². The molecule has 1 N–H and O–H groups in total. The second-order valence-corrected chi connectivity index (χ2v) is 6.92. The third kappa shape index (κ3) is 3.26. The van der Waals surface area contributed by atoms with Crippen LogP contribution < -0.4 is 5.32 Å². The van der Waals surface area contributed by atoms with E-state index in [0.717, 1.165) is 16.1 Å². The van der Waals surface area contributed by atoms with Crippen LogP contribution in [-0.4, -0.2) is 20.5 Å². The lowest BCUT2D eigenvalue weighted by Gasteiger charge is -2.02. The van der Waals surface area contributed by atoms with Gasteiger partial charge < -0.3 is 5.32 Å². The van der Waals surface area contributed by atoms with Gasteiger partial charge in [-0.3, -0.25) is 9.20 Å². The van der Waals surface area contributed by atoms with Crippen molar-refractivity contribution in [2.45, 2.75) is 6.54 Å². The highest BCUT2D eigenvalue weighted by Gasteiger charge is 2.12. The molecule has 0 aliphatic carbocycles. The van der Waals surface area contributed by atoms with E-state index in [1.165, 1.54) is 11.3 Å². The molecule has 3 aromatic heterocycles. The zero-order chi connectivity index (χ0) is 17.2. The summed E-state index contributed by atoms with van der Waals surface area (Å²) in [5.41, 5.74) is 1.80. The number of carbonyl (C=O) groups excluding carboxylic acids is 1. The highest BCUT2D eigenvalue weighted by Crippen LogP contribution is 2.29. The normalized spacial score (nSPS) is 10.9. The fraction of sp³-hybridized carbons (Fsp3) is 0.0556. The number of nitrogens with zero attached hydrogens (tertiary/aromatic N) is 3. The van der Waals surface area contributed by atoms with Crippen LogP contribution in [0, 0.1) is 0 Å². The Hall–Kier alpha value is -2.70. The quantitative estimate of drug-likeness (QED) is 0.591. The number of benzene rings is 1. The lowest BCUT2D eigenvalue weighted by atomic mass is 10.2. The average Bonchev–Trinajstić information content (AvgIpc) is 3.28. The fourth-order valence-corrected chi connectivity index (χ4v) is 3.54. The SMILES string of the molecule is O=C(NCc1nnc2ccccn12)c1ccc(-c2ccc(Cl)cc2)s1. The molecule has 0 bridgehead atoms. The molecular weight excluding hydrogens is 356 g/mol. The number of halogens is 1. The van der Waals surface area contributed by atoms with E-state index >= 15 is 0 Å². The predicted octanol–water partition coefficient (Wildman–Crippen LogP) is 4.04. The Morgan fingerprint density at radius 2 is 1.92 bits per heavy atom. The minimum absolute atomic E-state index is 0.127. The molecule has 3 heterocycles. The highest BCUT2D eigenvalue weighted by atomic mass is 35.5. The van der Waals surface area contributed by atoms with Gasteiger partial charge in [0.15, 0.2) is 11.5 Å². The van der Waals surface area contributed by atoms with Gasteiger partial charge in [-0.25, -0.2) is 0 Å². The van der Waals surface area contributed by atoms with E-state index in [1.807, 2.05) is 65.2 Å². The molecule has 4 aromatic rings. The number of hydrogen-bond acceptors (Lipinski definition) is 4. The van der Waals surface area contributed by atoms with Crippen LogP contribution in [0.5, 0.6) is 0 Å². The summed E-state index contributed by atoms with van der Waals surface area (Å²) in [4.78, 5) is 14.1. The van der Waals surface area contributed by atoms with Crippen molar-refractivity contribution in [1.29, 1.82) is 0 Å². The largest absolute Gasteiger partial charge is 0.344 e. The Labute approximate surface area is 152 Å². The van der Waals surface area contributed by atoms with Crippen LogP contribution in [0.25, 0.3) is 16.1 Å². The second kappa shape index (κ2) is 6.66. The van der Waals surface area contributed by atoms with Crippen molar-refractivity contribution in [2.24, 2.45) is 0 Å². The monoisotopic (exact) mass is 368 g/mol. The number of fused-ring (bicyclic) bond motifs is 1. The first-order valence-electron chi connectivity index (χ1n) is 7.63. The van der Waals surface area contributed by atoms with Gasteiger partial charge in [0.2, 0.25) is 0 Å². The van der Waals surface area contributed by atoms with Crippen molar-refractivity contribution in [1.82, 2.24) is 19.9 Å². The Morgan fingerprint density at radius 3 is 2.76 bits per heavy atom. The number of nitrogens with one attached hydrogen (secondary N) is 1. The van der Waals surface area contributed by atoms with E-state index in [2.05, 4.69) is 15.5 Å². The lowest BCUT2D eigenvalue weighted by molar-refractivity contribution is 0.0954. The molecular formula is C18H13ClN4OS. The van der Waals surface area contributed by atoms with Gasteiger partial charge in [0.05, 0.1) is 11.4 Å². The maximum Gasteiger partial charge on any atom is 0.261 e. The molecule has 1 aromatic carbocycles. The summed E-state index contributed by atoms with van der Waals surface area (Å²) in [5.74, 6) is 0.566. The van der Waals surface area contributed by atoms with Crippen LogP contribution in [0.4, 0.5) is 0 Å². The van der Waals surface area contributed by atoms with Gasteiger partial charge >= 0.3 is 0 Å².